The predicted molar refractivity (Wildman–Crippen MR) is 44.6 cm³/mol. The average molecular weight is 165 g/mol. The summed E-state index contributed by atoms with van der Waals surface area (Å²) in [5.41, 5.74) is 3.36. The van der Waals surface area contributed by atoms with Gasteiger partial charge in [-0.3, -0.25) is 4.57 Å². The number of hydrogen-bond acceptors (Lipinski definition) is 1. The van der Waals surface area contributed by atoms with Gasteiger partial charge in [0.15, 0.2) is 0 Å². The molecule has 0 atom stereocenters. The molecule has 0 aliphatic heterocycles. The van der Waals surface area contributed by atoms with E-state index in [9.17, 15) is 4.79 Å². The first kappa shape index (κ1) is 7.40. The number of rotatable bonds is 0. The summed E-state index contributed by atoms with van der Waals surface area (Å²) >= 11 is 0. The molecule has 12 heavy (non-hydrogen) atoms. The fraction of sp³-hybridized carbons (Fsp3) is 0.444. The highest BCUT2D eigenvalue weighted by molar-refractivity contribution is 5.70. The lowest BCUT2D eigenvalue weighted by atomic mass is 10.2. The monoisotopic (exact) mass is 165 g/mol. The first-order valence-corrected chi connectivity index (χ1v) is 4.13. The first-order valence-electron chi connectivity index (χ1n) is 4.13. The number of fused-ring (bicyclic) bond motifs is 1. The SMILES string of the molecule is Cc1c2c(cn1C(=O)O)CCC2. The summed E-state index contributed by atoms with van der Waals surface area (Å²) in [4.78, 5) is 10.7. The lowest BCUT2D eigenvalue weighted by Crippen LogP contribution is -2.08. The van der Waals surface area contributed by atoms with E-state index in [0.29, 0.717) is 0 Å². The van der Waals surface area contributed by atoms with Gasteiger partial charge in [-0.15, -0.1) is 0 Å². The Morgan fingerprint density at radius 1 is 1.58 bits per heavy atom. The Hall–Kier alpha value is -1.25. The van der Waals surface area contributed by atoms with Crippen LogP contribution in [0.25, 0.3) is 0 Å². The van der Waals surface area contributed by atoms with E-state index in [1.54, 1.807) is 6.20 Å². The Morgan fingerprint density at radius 3 is 2.92 bits per heavy atom. The Kier molecular flexibility index (Phi) is 1.46. The van der Waals surface area contributed by atoms with Crippen LogP contribution in [0.2, 0.25) is 0 Å². The molecule has 3 heteroatoms. The third kappa shape index (κ3) is 0.858. The predicted octanol–water partition coefficient (Wildman–Crippen LogP) is 1.81. The number of carboxylic acid groups (broad SMARTS) is 1. The quantitative estimate of drug-likeness (QED) is 0.637. The molecule has 1 heterocycles. The molecular formula is C9H11NO2. The van der Waals surface area contributed by atoms with Crippen LogP contribution in [0.1, 0.15) is 23.2 Å². The number of aromatic nitrogens is 1. The molecule has 0 fully saturated rings. The molecule has 0 bridgehead atoms. The third-order valence-corrected chi connectivity index (χ3v) is 2.55. The zero-order valence-electron chi connectivity index (χ0n) is 7.00. The van der Waals surface area contributed by atoms with Crippen molar-refractivity contribution >= 4 is 6.09 Å². The molecule has 64 valence electrons. The van der Waals surface area contributed by atoms with E-state index in [4.69, 9.17) is 5.11 Å². The second kappa shape index (κ2) is 2.37. The Labute approximate surface area is 70.6 Å². The summed E-state index contributed by atoms with van der Waals surface area (Å²) in [6.45, 7) is 1.87. The van der Waals surface area contributed by atoms with E-state index >= 15 is 0 Å². The van der Waals surface area contributed by atoms with E-state index in [-0.39, 0.29) is 0 Å². The molecule has 0 aromatic carbocycles. The zero-order chi connectivity index (χ0) is 8.72. The Balaban J connectivity index is 2.54. The molecule has 3 nitrogen and oxygen atoms in total. The van der Waals surface area contributed by atoms with Gasteiger partial charge in [-0.05, 0) is 37.3 Å². The minimum atomic E-state index is -0.873. The van der Waals surface area contributed by atoms with Crippen molar-refractivity contribution in [1.82, 2.24) is 4.57 Å². The number of nitrogens with zero attached hydrogens (tertiary/aromatic N) is 1. The van der Waals surface area contributed by atoms with E-state index in [2.05, 4.69) is 0 Å². The molecule has 1 aliphatic rings. The van der Waals surface area contributed by atoms with Crippen molar-refractivity contribution in [2.24, 2.45) is 0 Å². The molecule has 0 saturated heterocycles. The fourth-order valence-corrected chi connectivity index (χ4v) is 1.92. The smallest absolute Gasteiger partial charge is 0.415 e. The van der Waals surface area contributed by atoms with Crippen molar-refractivity contribution in [1.29, 1.82) is 0 Å². The summed E-state index contributed by atoms with van der Waals surface area (Å²) < 4.78 is 1.32. The molecular weight excluding hydrogens is 154 g/mol. The number of carbonyl (C=O) groups is 1. The van der Waals surface area contributed by atoms with Crippen LogP contribution < -0.4 is 0 Å². The third-order valence-electron chi connectivity index (χ3n) is 2.55. The van der Waals surface area contributed by atoms with Crippen molar-refractivity contribution in [3.05, 3.63) is 23.0 Å². The molecule has 0 amide bonds. The highest BCUT2D eigenvalue weighted by atomic mass is 16.4. The highest BCUT2D eigenvalue weighted by Gasteiger charge is 2.19. The summed E-state index contributed by atoms with van der Waals surface area (Å²) in [5, 5.41) is 8.79. The van der Waals surface area contributed by atoms with Gasteiger partial charge in [0.05, 0.1) is 0 Å². The van der Waals surface area contributed by atoms with Gasteiger partial charge in [0, 0.05) is 11.9 Å². The van der Waals surface area contributed by atoms with Gasteiger partial charge >= 0.3 is 6.09 Å². The minimum Gasteiger partial charge on any atom is -0.464 e. The van der Waals surface area contributed by atoms with E-state index < -0.39 is 6.09 Å². The van der Waals surface area contributed by atoms with Gasteiger partial charge in [-0.1, -0.05) is 0 Å². The van der Waals surface area contributed by atoms with Crippen molar-refractivity contribution in [2.45, 2.75) is 26.2 Å². The maximum Gasteiger partial charge on any atom is 0.415 e. The van der Waals surface area contributed by atoms with Crippen LogP contribution in [0.15, 0.2) is 6.20 Å². The molecule has 2 rings (SSSR count). The average Bonchev–Trinajstić information content (AvgIpc) is 2.53. The topological polar surface area (TPSA) is 42.2 Å². The standard InChI is InChI=1S/C9H11NO2/c1-6-8-4-2-3-7(8)5-10(6)9(11)12/h5H,2-4H2,1H3,(H,11,12). The first-order chi connectivity index (χ1) is 5.70. The van der Waals surface area contributed by atoms with E-state index in [1.807, 2.05) is 6.92 Å². The number of aryl methyl sites for hydroxylation is 1. The summed E-state index contributed by atoms with van der Waals surface area (Å²) in [6.07, 6.45) is 4.13. The normalized spacial score (nSPS) is 14.8. The molecule has 1 N–H and O–H groups in total. The van der Waals surface area contributed by atoms with Gasteiger partial charge < -0.3 is 5.11 Å². The molecule has 1 aromatic rings. The van der Waals surface area contributed by atoms with Gasteiger partial charge in [-0.25, -0.2) is 4.79 Å². The molecule has 1 aromatic heterocycles. The Morgan fingerprint density at radius 2 is 2.33 bits per heavy atom. The highest BCUT2D eigenvalue weighted by Crippen LogP contribution is 2.26. The maximum atomic E-state index is 10.7. The molecule has 0 radical (unpaired) electrons. The van der Waals surface area contributed by atoms with Gasteiger partial charge in [0.25, 0.3) is 0 Å². The van der Waals surface area contributed by atoms with Crippen LogP contribution in [0.4, 0.5) is 4.79 Å². The molecule has 0 saturated carbocycles. The van der Waals surface area contributed by atoms with Crippen LogP contribution in [0.3, 0.4) is 0 Å². The largest absolute Gasteiger partial charge is 0.464 e. The fourth-order valence-electron chi connectivity index (χ4n) is 1.92. The van der Waals surface area contributed by atoms with Crippen molar-refractivity contribution in [3.8, 4) is 0 Å². The van der Waals surface area contributed by atoms with Crippen LogP contribution in [-0.4, -0.2) is 15.8 Å². The van der Waals surface area contributed by atoms with E-state index in [1.165, 1.54) is 22.1 Å². The zero-order valence-corrected chi connectivity index (χ0v) is 7.00. The molecule has 0 unspecified atom stereocenters. The van der Waals surface area contributed by atoms with Gasteiger partial charge in [0.2, 0.25) is 0 Å². The number of hydrogen-bond donors (Lipinski definition) is 1. The lowest BCUT2D eigenvalue weighted by Gasteiger charge is -1.98. The Bertz CT molecular complexity index is 339. The lowest BCUT2D eigenvalue weighted by molar-refractivity contribution is 0.195. The van der Waals surface area contributed by atoms with Crippen molar-refractivity contribution in [3.63, 3.8) is 0 Å². The van der Waals surface area contributed by atoms with Crippen LogP contribution in [0.5, 0.6) is 0 Å². The molecule has 0 spiro atoms. The van der Waals surface area contributed by atoms with Crippen molar-refractivity contribution in [2.75, 3.05) is 0 Å². The second-order valence-electron chi connectivity index (χ2n) is 3.22. The van der Waals surface area contributed by atoms with Crippen LogP contribution >= 0.6 is 0 Å². The molecule has 1 aliphatic carbocycles. The minimum absolute atomic E-state index is 0.873. The summed E-state index contributed by atoms with van der Waals surface area (Å²) in [5.74, 6) is 0. The van der Waals surface area contributed by atoms with Crippen LogP contribution in [-0.2, 0) is 12.8 Å². The summed E-state index contributed by atoms with van der Waals surface area (Å²) in [7, 11) is 0. The van der Waals surface area contributed by atoms with E-state index in [0.717, 1.165) is 18.5 Å². The maximum absolute atomic E-state index is 10.7. The van der Waals surface area contributed by atoms with Gasteiger partial charge in [0.1, 0.15) is 0 Å². The second-order valence-corrected chi connectivity index (χ2v) is 3.22. The van der Waals surface area contributed by atoms with Gasteiger partial charge in [-0.2, -0.15) is 0 Å². The summed E-state index contributed by atoms with van der Waals surface area (Å²) in [6, 6.07) is 0. The van der Waals surface area contributed by atoms with Crippen molar-refractivity contribution < 1.29 is 9.90 Å². The van der Waals surface area contributed by atoms with Crippen LogP contribution in [0, 0.1) is 6.92 Å².